The molecule has 0 spiro atoms. The molecule has 5 rings (SSSR count). The summed E-state index contributed by atoms with van der Waals surface area (Å²) in [6, 6.07) is 26.4. The zero-order valence-electron chi connectivity index (χ0n) is 18.5. The van der Waals surface area contributed by atoms with Crippen LogP contribution >= 0.6 is 0 Å². The monoisotopic (exact) mass is 410 g/mol. The first-order chi connectivity index (χ1) is 15.2. The third kappa shape index (κ3) is 4.34. The van der Waals surface area contributed by atoms with Gasteiger partial charge in [-0.05, 0) is 55.9 Å². The maximum Gasteiger partial charge on any atom is 0.305 e. The molecular formula is C29H30O2. The van der Waals surface area contributed by atoms with Gasteiger partial charge in [-0.3, -0.25) is 4.79 Å². The lowest BCUT2D eigenvalue weighted by atomic mass is 9.90. The minimum atomic E-state index is -0.0414. The summed E-state index contributed by atoms with van der Waals surface area (Å²) in [5.74, 6) is -0.0414. The van der Waals surface area contributed by atoms with Gasteiger partial charge in [-0.15, -0.1) is 0 Å². The second-order valence-corrected chi connectivity index (χ2v) is 8.10. The van der Waals surface area contributed by atoms with Crippen molar-refractivity contribution in [2.75, 3.05) is 6.61 Å². The average Bonchev–Trinajstić information content (AvgIpc) is 2.81. The van der Waals surface area contributed by atoms with E-state index in [9.17, 15) is 4.79 Å². The Morgan fingerprint density at radius 2 is 1.06 bits per heavy atom. The number of benzene rings is 5. The Bertz CT molecular complexity index is 1130. The van der Waals surface area contributed by atoms with Crippen molar-refractivity contribution < 1.29 is 9.53 Å². The summed E-state index contributed by atoms with van der Waals surface area (Å²) in [6.45, 7) is 4.75. The number of ether oxygens (including phenoxy) is 1. The van der Waals surface area contributed by atoms with Crippen LogP contribution in [0.3, 0.4) is 0 Å². The van der Waals surface area contributed by atoms with Crippen molar-refractivity contribution in [1.29, 1.82) is 0 Å². The Labute approximate surface area is 184 Å². The molecule has 5 aromatic carbocycles. The molecule has 0 unspecified atom stereocenters. The van der Waals surface area contributed by atoms with E-state index >= 15 is 0 Å². The van der Waals surface area contributed by atoms with Crippen LogP contribution in [0.15, 0.2) is 72.8 Å². The van der Waals surface area contributed by atoms with Gasteiger partial charge in [-0.2, -0.15) is 0 Å². The molecule has 0 amide bonds. The van der Waals surface area contributed by atoms with Crippen molar-refractivity contribution in [3.8, 4) is 0 Å². The Balaban J connectivity index is 0.000000182. The Morgan fingerprint density at radius 3 is 1.45 bits per heavy atom. The van der Waals surface area contributed by atoms with Crippen molar-refractivity contribution in [1.82, 2.24) is 0 Å². The molecule has 0 fully saturated rings. The van der Waals surface area contributed by atoms with Gasteiger partial charge in [0.25, 0.3) is 0 Å². The molecule has 0 atom stereocenters. The van der Waals surface area contributed by atoms with Crippen molar-refractivity contribution >= 4 is 49.1 Å². The summed E-state index contributed by atoms with van der Waals surface area (Å²) in [7, 11) is 0. The fraction of sp³-hybridized carbons (Fsp3) is 0.276. The summed E-state index contributed by atoms with van der Waals surface area (Å²) in [5.41, 5.74) is 0. The van der Waals surface area contributed by atoms with Crippen LogP contribution in [-0.2, 0) is 9.53 Å². The van der Waals surface area contributed by atoms with E-state index in [4.69, 9.17) is 4.74 Å². The lowest BCUT2D eigenvalue weighted by Gasteiger charge is -2.13. The maximum absolute atomic E-state index is 10.9. The summed E-state index contributed by atoms with van der Waals surface area (Å²) < 4.78 is 4.95. The lowest BCUT2D eigenvalue weighted by molar-refractivity contribution is -0.143. The third-order valence-corrected chi connectivity index (χ3v) is 5.89. The fourth-order valence-electron chi connectivity index (χ4n) is 4.30. The molecular weight excluding hydrogens is 380 g/mol. The Kier molecular flexibility index (Phi) is 6.66. The van der Waals surface area contributed by atoms with Crippen LogP contribution in [0, 0.1) is 0 Å². The van der Waals surface area contributed by atoms with E-state index in [2.05, 4.69) is 86.6 Å². The molecule has 0 saturated heterocycles. The van der Waals surface area contributed by atoms with Crippen molar-refractivity contribution in [3.63, 3.8) is 0 Å². The molecule has 0 N–H and O–H groups in total. The number of hydrogen-bond acceptors (Lipinski definition) is 2. The van der Waals surface area contributed by atoms with Crippen molar-refractivity contribution in [2.45, 2.75) is 46.0 Å². The maximum atomic E-state index is 10.9. The van der Waals surface area contributed by atoms with E-state index in [1.54, 1.807) is 0 Å². The number of carbonyl (C=O) groups is 1. The third-order valence-electron chi connectivity index (χ3n) is 5.89. The molecule has 2 nitrogen and oxygen atoms in total. The standard InChI is InChI=1S/C20H12.C9H18O2/c1-5-13-6-2-11-17-18-12-4-8-14-7-3-10-16(20(14)18)15(9-1)19(13)17;1-3-5-7-9(10)11-8-6-4-2/h1-12H;3-8H2,1-2H3. The normalized spacial score (nSPS) is 11.2. The van der Waals surface area contributed by atoms with Gasteiger partial charge in [0.15, 0.2) is 0 Å². The highest BCUT2D eigenvalue weighted by Gasteiger charge is 2.11. The van der Waals surface area contributed by atoms with Gasteiger partial charge in [0, 0.05) is 6.42 Å². The van der Waals surface area contributed by atoms with Gasteiger partial charge in [0.2, 0.25) is 0 Å². The second kappa shape index (κ2) is 9.78. The van der Waals surface area contributed by atoms with Gasteiger partial charge >= 0.3 is 5.97 Å². The topological polar surface area (TPSA) is 26.3 Å². The number of rotatable bonds is 6. The molecule has 158 valence electrons. The number of fused-ring (bicyclic) bond motifs is 2. The summed E-state index contributed by atoms with van der Waals surface area (Å²) in [5, 5.41) is 10.9. The average molecular weight is 411 g/mol. The van der Waals surface area contributed by atoms with Crippen LogP contribution in [0.2, 0.25) is 0 Å². The molecule has 0 aliphatic rings. The molecule has 5 aromatic rings. The highest BCUT2D eigenvalue weighted by Crippen LogP contribution is 2.39. The number of hydrogen-bond donors (Lipinski definition) is 0. The van der Waals surface area contributed by atoms with Crippen LogP contribution in [0.5, 0.6) is 0 Å². The van der Waals surface area contributed by atoms with E-state index in [0.717, 1.165) is 25.7 Å². The summed E-state index contributed by atoms with van der Waals surface area (Å²) in [6.07, 6.45) is 4.66. The molecule has 0 saturated carbocycles. The molecule has 0 heterocycles. The predicted octanol–water partition coefficient (Wildman–Crippen LogP) is 8.26. The van der Waals surface area contributed by atoms with E-state index in [1.165, 1.54) is 43.1 Å². The summed E-state index contributed by atoms with van der Waals surface area (Å²) >= 11 is 0. The second-order valence-electron chi connectivity index (χ2n) is 8.10. The van der Waals surface area contributed by atoms with Gasteiger partial charge in [0.05, 0.1) is 6.61 Å². The van der Waals surface area contributed by atoms with Crippen LogP contribution in [0.4, 0.5) is 0 Å². The van der Waals surface area contributed by atoms with Gasteiger partial charge in [0.1, 0.15) is 0 Å². The highest BCUT2D eigenvalue weighted by molar-refractivity contribution is 6.32. The SMILES string of the molecule is CCCCOC(=O)CCCC.c1cc2cccc3c4cccc5cccc(c(c1)c23)c54. The van der Waals surface area contributed by atoms with Crippen LogP contribution < -0.4 is 0 Å². The quantitative estimate of drug-likeness (QED) is 0.122. The first kappa shape index (κ1) is 21.1. The highest BCUT2D eigenvalue weighted by atomic mass is 16.5. The lowest BCUT2D eigenvalue weighted by Crippen LogP contribution is -2.04. The molecule has 0 radical (unpaired) electrons. The van der Waals surface area contributed by atoms with E-state index in [0.29, 0.717) is 13.0 Å². The van der Waals surface area contributed by atoms with Crippen LogP contribution in [-0.4, -0.2) is 12.6 Å². The van der Waals surface area contributed by atoms with Gasteiger partial charge < -0.3 is 4.74 Å². The molecule has 0 aliphatic carbocycles. The van der Waals surface area contributed by atoms with Crippen molar-refractivity contribution in [2.24, 2.45) is 0 Å². The predicted molar refractivity (Wildman–Crippen MR) is 133 cm³/mol. The first-order valence-electron chi connectivity index (χ1n) is 11.4. The molecule has 31 heavy (non-hydrogen) atoms. The van der Waals surface area contributed by atoms with Crippen LogP contribution in [0.1, 0.15) is 46.0 Å². The zero-order valence-corrected chi connectivity index (χ0v) is 18.5. The smallest absolute Gasteiger partial charge is 0.305 e. The first-order valence-corrected chi connectivity index (χ1v) is 11.4. The van der Waals surface area contributed by atoms with Crippen molar-refractivity contribution in [3.05, 3.63) is 72.8 Å². The zero-order chi connectivity index (χ0) is 21.6. The number of carbonyl (C=O) groups excluding carboxylic acids is 1. The largest absolute Gasteiger partial charge is 0.466 e. The molecule has 0 aromatic heterocycles. The molecule has 0 bridgehead atoms. The fourth-order valence-corrected chi connectivity index (χ4v) is 4.30. The molecule has 0 aliphatic heterocycles. The van der Waals surface area contributed by atoms with E-state index < -0.39 is 0 Å². The molecule has 2 heteroatoms. The summed E-state index contributed by atoms with van der Waals surface area (Å²) in [4.78, 5) is 10.9. The minimum Gasteiger partial charge on any atom is -0.466 e. The Morgan fingerprint density at radius 1 is 0.645 bits per heavy atom. The van der Waals surface area contributed by atoms with E-state index in [-0.39, 0.29) is 5.97 Å². The van der Waals surface area contributed by atoms with E-state index in [1.807, 2.05) is 0 Å². The Hall–Kier alpha value is -3.13. The minimum absolute atomic E-state index is 0.0414. The number of esters is 1. The van der Waals surface area contributed by atoms with Gasteiger partial charge in [-0.1, -0.05) is 99.5 Å². The van der Waals surface area contributed by atoms with Crippen LogP contribution in [0.25, 0.3) is 43.1 Å². The number of unbranched alkanes of at least 4 members (excludes halogenated alkanes) is 2. The van der Waals surface area contributed by atoms with Gasteiger partial charge in [-0.25, -0.2) is 0 Å².